The van der Waals surface area contributed by atoms with E-state index in [4.69, 9.17) is 9.47 Å². The van der Waals surface area contributed by atoms with Gasteiger partial charge in [0, 0.05) is 32.5 Å². The molecular formula is C20H28N2O7. The Morgan fingerprint density at radius 2 is 1.79 bits per heavy atom. The lowest BCUT2D eigenvalue weighted by Gasteiger charge is -2.31. The summed E-state index contributed by atoms with van der Waals surface area (Å²) in [4.78, 5) is 36.1. The van der Waals surface area contributed by atoms with E-state index in [1.807, 2.05) is 0 Å². The third-order valence-electron chi connectivity index (χ3n) is 4.90. The van der Waals surface area contributed by atoms with Crippen molar-refractivity contribution in [2.75, 3.05) is 20.3 Å². The summed E-state index contributed by atoms with van der Waals surface area (Å²) in [7, 11) is 1.53. The van der Waals surface area contributed by atoms with Gasteiger partial charge in [0.05, 0.1) is 19.1 Å². The molecule has 0 radical (unpaired) electrons. The number of nitrogens with one attached hydrogen (secondary N) is 2. The minimum Gasteiger partial charge on any atom is -0.497 e. The second kappa shape index (κ2) is 10.2. The van der Waals surface area contributed by atoms with E-state index in [0.717, 1.165) is 5.56 Å². The van der Waals surface area contributed by atoms with Gasteiger partial charge in [0.15, 0.2) is 0 Å². The highest BCUT2D eigenvalue weighted by atomic mass is 16.5. The average Bonchev–Trinajstić information content (AvgIpc) is 2.67. The van der Waals surface area contributed by atoms with Gasteiger partial charge in [0.1, 0.15) is 17.8 Å². The Labute approximate surface area is 169 Å². The zero-order valence-corrected chi connectivity index (χ0v) is 16.6. The number of amides is 2. The highest BCUT2D eigenvalue weighted by Crippen LogP contribution is 2.24. The second-order valence-electron chi connectivity index (χ2n) is 7.25. The number of aliphatic hydroxyl groups is 1. The van der Waals surface area contributed by atoms with Crippen LogP contribution in [0.1, 0.15) is 31.7 Å². The van der Waals surface area contributed by atoms with Crippen molar-refractivity contribution in [2.45, 2.75) is 50.3 Å². The van der Waals surface area contributed by atoms with Crippen molar-refractivity contribution in [2.24, 2.45) is 0 Å². The molecule has 1 aliphatic heterocycles. The Morgan fingerprint density at radius 3 is 2.34 bits per heavy atom. The van der Waals surface area contributed by atoms with Crippen molar-refractivity contribution in [3.05, 3.63) is 29.8 Å². The molecule has 160 valence electrons. The topological polar surface area (TPSA) is 134 Å². The smallest absolute Gasteiger partial charge is 0.326 e. The Kier molecular flexibility index (Phi) is 7.98. The molecule has 1 saturated heterocycles. The highest BCUT2D eigenvalue weighted by Gasteiger charge is 2.33. The Morgan fingerprint density at radius 1 is 1.17 bits per heavy atom. The molecule has 1 heterocycles. The van der Waals surface area contributed by atoms with Crippen molar-refractivity contribution >= 4 is 17.8 Å². The summed E-state index contributed by atoms with van der Waals surface area (Å²) in [5.74, 6) is -1.62. The summed E-state index contributed by atoms with van der Waals surface area (Å²) in [6.45, 7) is 2.23. The lowest BCUT2D eigenvalue weighted by atomic mass is 9.90. The van der Waals surface area contributed by atoms with Gasteiger partial charge in [0.2, 0.25) is 11.8 Å². The molecule has 1 fully saturated rings. The van der Waals surface area contributed by atoms with E-state index in [-0.39, 0.29) is 12.8 Å². The fourth-order valence-electron chi connectivity index (χ4n) is 3.08. The van der Waals surface area contributed by atoms with E-state index in [9.17, 15) is 24.6 Å². The zero-order valence-electron chi connectivity index (χ0n) is 16.6. The van der Waals surface area contributed by atoms with Crippen molar-refractivity contribution in [3.63, 3.8) is 0 Å². The van der Waals surface area contributed by atoms with Gasteiger partial charge in [-0.1, -0.05) is 12.1 Å². The number of ether oxygens (including phenoxy) is 2. The Balaban J connectivity index is 1.88. The van der Waals surface area contributed by atoms with Crippen LogP contribution in [0.25, 0.3) is 0 Å². The normalized spacial score (nSPS) is 17.6. The van der Waals surface area contributed by atoms with Gasteiger partial charge in [-0.25, -0.2) is 4.79 Å². The summed E-state index contributed by atoms with van der Waals surface area (Å²) < 4.78 is 10.2. The first kappa shape index (κ1) is 22.6. The molecule has 1 aromatic rings. The highest BCUT2D eigenvalue weighted by molar-refractivity contribution is 5.90. The van der Waals surface area contributed by atoms with Crippen molar-refractivity contribution in [1.29, 1.82) is 0 Å². The summed E-state index contributed by atoms with van der Waals surface area (Å²) >= 11 is 0. The molecular weight excluding hydrogens is 380 g/mol. The van der Waals surface area contributed by atoms with Crippen LogP contribution in [0.5, 0.6) is 5.75 Å². The molecule has 2 amide bonds. The van der Waals surface area contributed by atoms with Gasteiger partial charge < -0.3 is 30.3 Å². The first-order valence-electron chi connectivity index (χ1n) is 9.48. The first-order chi connectivity index (χ1) is 13.7. The van der Waals surface area contributed by atoms with E-state index in [2.05, 4.69) is 10.6 Å². The summed E-state index contributed by atoms with van der Waals surface area (Å²) in [6.07, 6.45) is 0.654. The van der Waals surface area contributed by atoms with Crippen molar-refractivity contribution in [1.82, 2.24) is 10.6 Å². The second-order valence-corrected chi connectivity index (χ2v) is 7.25. The molecule has 1 aromatic carbocycles. The van der Waals surface area contributed by atoms with E-state index >= 15 is 0 Å². The SMILES string of the molecule is COc1ccc(C[C@H](NC(=O)[C@H](C)NC(=O)CC2(O)CCOCC2)C(=O)O)cc1. The van der Waals surface area contributed by atoms with Gasteiger partial charge in [0.25, 0.3) is 0 Å². The molecule has 2 rings (SSSR count). The fourth-order valence-corrected chi connectivity index (χ4v) is 3.08. The number of rotatable bonds is 9. The fraction of sp³-hybridized carbons (Fsp3) is 0.550. The van der Waals surface area contributed by atoms with Crippen LogP contribution >= 0.6 is 0 Å². The molecule has 29 heavy (non-hydrogen) atoms. The van der Waals surface area contributed by atoms with Crippen LogP contribution < -0.4 is 15.4 Å². The average molecular weight is 408 g/mol. The summed E-state index contributed by atoms with van der Waals surface area (Å²) in [5.41, 5.74) is -0.423. The van der Waals surface area contributed by atoms with Crippen LogP contribution in [-0.2, 0) is 25.5 Å². The maximum atomic E-state index is 12.4. The number of aliphatic carboxylic acids is 1. The predicted molar refractivity (Wildman–Crippen MR) is 103 cm³/mol. The minimum absolute atomic E-state index is 0.0888. The molecule has 4 N–H and O–H groups in total. The van der Waals surface area contributed by atoms with Gasteiger partial charge in [-0.3, -0.25) is 9.59 Å². The van der Waals surface area contributed by atoms with Crippen LogP contribution in [0, 0.1) is 0 Å². The molecule has 0 bridgehead atoms. The van der Waals surface area contributed by atoms with Gasteiger partial charge in [-0.15, -0.1) is 0 Å². The summed E-state index contributed by atoms with van der Waals surface area (Å²) in [6, 6.07) is 4.78. The minimum atomic E-state index is -1.18. The van der Waals surface area contributed by atoms with Gasteiger partial charge >= 0.3 is 5.97 Å². The molecule has 9 heteroatoms. The number of carboxylic acid groups (broad SMARTS) is 1. The number of carbonyl (C=O) groups is 3. The molecule has 1 aliphatic rings. The number of hydrogen-bond donors (Lipinski definition) is 4. The quantitative estimate of drug-likeness (QED) is 0.460. The van der Waals surface area contributed by atoms with E-state index < -0.39 is 35.5 Å². The van der Waals surface area contributed by atoms with Crippen LogP contribution in [0.4, 0.5) is 0 Å². The predicted octanol–water partition coefficient (Wildman–Crippen LogP) is 0.243. The maximum absolute atomic E-state index is 12.4. The standard InChI is InChI=1S/C20H28N2O7/c1-13(21-17(23)12-20(27)7-9-29-10-8-20)18(24)22-16(19(25)26)11-14-3-5-15(28-2)6-4-14/h3-6,13,16,27H,7-12H2,1-2H3,(H,21,23)(H,22,24)(H,25,26)/t13-,16-/m0/s1. The van der Waals surface area contributed by atoms with E-state index in [1.54, 1.807) is 24.3 Å². The van der Waals surface area contributed by atoms with Crippen molar-refractivity contribution < 1.29 is 34.1 Å². The van der Waals surface area contributed by atoms with E-state index in [1.165, 1.54) is 14.0 Å². The third kappa shape index (κ3) is 7.03. The molecule has 0 unspecified atom stereocenters. The molecule has 2 atom stereocenters. The van der Waals surface area contributed by atoms with Gasteiger partial charge in [-0.2, -0.15) is 0 Å². The van der Waals surface area contributed by atoms with Crippen LogP contribution in [0.2, 0.25) is 0 Å². The zero-order chi connectivity index (χ0) is 21.4. The molecule has 0 aromatic heterocycles. The molecule has 0 spiro atoms. The lowest BCUT2D eigenvalue weighted by Crippen LogP contribution is -2.52. The monoisotopic (exact) mass is 408 g/mol. The van der Waals surface area contributed by atoms with Gasteiger partial charge in [-0.05, 0) is 24.6 Å². The molecule has 0 aliphatic carbocycles. The first-order valence-corrected chi connectivity index (χ1v) is 9.48. The van der Waals surface area contributed by atoms with Crippen LogP contribution in [0.3, 0.4) is 0 Å². The largest absolute Gasteiger partial charge is 0.497 e. The molecule has 9 nitrogen and oxygen atoms in total. The van der Waals surface area contributed by atoms with Crippen LogP contribution in [-0.4, -0.2) is 66.0 Å². The maximum Gasteiger partial charge on any atom is 0.326 e. The summed E-state index contributed by atoms with van der Waals surface area (Å²) in [5, 5.41) is 24.8. The third-order valence-corrected chi connectivity index (χ3v) is 4.90. The number of hydrogen-bond acceptors (Lipinski definition) is 6. The number of benzene rings is 1. The van der Waals surface area contributed by atoms with Crippen molar-refractivity contribution in [3.8, 4) is 5.75 Å². The Bertz CT molecular complexity index is 714. The van der Waals surface area contributed by atoms with Crippen LogP contribution in [0.15, 0.2) is 24.3 Å². The number of carboxylic acids is 1. The van der Waals surface area contributed by atoms with E-state index in [0.29, 0.717) is 31.8 Å². The lowest BCUT2D eigenvalue weighted by molar-refractivity contribution is -0.142. The number of carbonyl (C=O) groups excluding carboxylic acids is 2. The molecule has 0 saturated carbocycles. The Hall–Kier alpha value is -2.65. The number of methoxy groups -OCH3 is 1.